The Kier molecular flexibility index (Phi) is 5.26. The van der Waals surface area contributed by atoms with Crippen molar-refractivity contribution in [3.8, 4) is 5.75 Å². The second kappa shape index (κ2) is 6.95. The van der Waals surface area contributed by atoms with Gasteiger partial charge >= 0.3 is 0 Å². The highest BCUT2D eigenvalue weighted by atomic mass is 16.5. The number of benzene rings is 1. The minimum atomic E-state index is -0.223. The summed E-state index contributed by atoms with van der Waals surface area (Å²) in [5.74, 6) is 0.830. The summed E-state index contributed by atoms with van der Waals surface area (Å²) in [7, 11) is 1.68. The van der Waals surface area contributed by atoms with Crippen LogP contribution in [0.2, 0.25) is 0 Å². The summed E-state index contributed by atoms with van der Waals surface area (Å²) in [5.41, 5.74) is 0.742. The molecule has 1 fully saturated rings. The van der Waals surface area contributed by atoms with E-state index in [1.165, 1.54) is 6.42 Å². The summed E-state index contributed by atoms with van der Waals surface area (Å²) in [4.78, 5) is 2.47. The van der Waals surface area contributed by atoms with Crippen LogP contribution in [0.1, 0.15) is 26.2 Å². The lowest BCUT2D eigenvalue weighted by atomic mass is 9.87. The van der Waals surface area contributed by atoms with E-state index in [-0.39, 0.29) is 12.1 Å². The predicted molar refractivity (Wildman–Crippen MR) is 82.4 cm³/mol. The van der Waals surface area contributed by atoms with Gasteiger partial charge in [-0.25, -0.2) is 0 Å². The third-order valence-corrected chi connectivity index (χ3v) is 4.16. The molecule has 112 valence electrons. The van der Waals surface area contributed by atoms with Crippen LogP contribution in [0.5, 0.6) is 5.75 Å². The molecule has 0 bridgehead atoms. The van der Waals surface area contributed by atoms with Crippen molar-refractivity contribution in [2.24, 2.45) is 0 Å². The topological polar surface area (TPSA) is 44.7 Å². The van der Waals surface area contributed by atoms with Gasteiger partial charge in [0.1, 0.15) is 5.75 Å². The van der Waals surface area contributed by atoms with Crippen molar-refractivity contribution in [2.75, 3.05) is 38.7 Å². The molecule has 0 atom stereocenters. The molecule has 4 heteroatoms. The Balaban J connectivity index is 2.05. The summed E-state index contributed by atoms with van der Waals surface area (Å²) in [6, 6.07) is 7.90. The van der Waals surface area contributed by atoms with E-state index in [0.29, 0.717) is 0 Å². The zero-order valence-corrected chi connectivity index (χ0v) is 12.6. The zero-order valence-electron chi connectivity index (χ0n) is 12.6. The average Bonchev–Trinajstić information content (AvgIpc) is 2.50. The number of ether oxygens (including phenoxy) is 1. The molecule has 2 rings (SSSR count). The van der Waals surface area contributed by atoms with Gasteiger partial charge in [0.25, 0.3) is 0 Å². The molecule has 2 N–H and O–H groups in total. The first-order chi connectivity index (χ1) is 9.73. The summed E-state index contributed by atoms with van der Waals surface area (Å²) in [6.07, 6.45) is 3.11. The summed E-state index contributed by atoms with van der Waals surface area (Å²) in [5, 5.41) is 13.4. The molecular formula is C16H26N2O2. The number of likely N-dealkylation sites (tertiary alicyclic amines) is 1. The number of piperidine rings is 1. The molecule has 20 heavy (non-hydrogen) atoms. The molecule has 0 radical (unpaired) electrons. The van der Waals surface area contributed by atoms with Crippen molar-refractivity contribution >= 4 is 5.69 Å². The number of para-hydroxylation sites is 2. The van der Waals surface area contributed by atoms with E-state index in [1.54, 1.807) is 7.11 Å². The average molecular weight is 278 g/mol. The fourth-order valence-corrected chi connectivity index (χ4v) is 2.88. The molecular weight excluding hydrogens is 252 g/mol. The first kappa shape index (κ1) is 15.1. The number of aliphatic hydroxyl groups is 1. The van der Waals surface area contributed by atoms with Crippen LogP contribution in [0, 0.1) is 0 Å². The van der Waals surface area contributed by atoms with Crippen LogP contribution in [0.3, 0.4) is 0 Å². The molecule has 1 heterocycles. The Labute approximate surface area is 121 Å². The molecule has 0 spiro atoms. The minimum absolute atomic E-state index is 0.158. The van der Waals surface area contributed by atoms with Crippen molar-refractivity contribution < 1.29 is 9.84 Å². The molecule has 1 aliphatic heterocycles. The normalized spacial score (nSPS) is 18.8. The SMILES string of the molecule is CCCN1CCC(CO)(Nc2ccccc2OC)CC1. The van der Waals surface area contributed by atoms with Crippen LogP contribution in [0.4, 0.5) is 5.69 Å². The summed E-state index contributed by atoms with van der Waals surface area (Å²) < 4.78 is 5.38. The van der Waals surface area contributed by atoms with Crippen LogP contribution in [-0.4, -0.2) is 48.9 Å². The van der Waals surface area contributed by atoms with Crippen LogP contribution < -0.4 is 10.1 Å². The summed E-state index contributed by atoms with van der Waals surface area (Å²) in [6.45, 7) is 5.59. The molecule has 0 aliphatic carbocycles. The maximum absolute atomic E-state index is 9.86. The third-order valence-electron chi connectivity index (χ3n) is 4.16. The van der Waals surface area contributed by atoms with Gasteiger partial charge in [-0.3, -0.25) is 0 Å². The number of hydrogen-bond acceptors (Lipinski definition) is 4. The van der Waals surface area contributed by atoms with Crippen molar-refractivity contribution in [3.05, 3.63) is 24.3 Å². The molecule has 1 aromatic rings. The number of methoxy groups -OCH3 is 1. The van der Waals surface area contributed by atoms with Gasteiger partial charge in [-0.15, -0.1) is 0 Å². The van der Waals surface area contributed by atoms with Crippen LogP contribution in [-0.2, 0) is 0 Å². The largest absolute Gasteiger partial charge is 0.495 e. The van der Waals surface area contributed by atoms with Crippen LogP contribution in [0.25, 0.3) is 0 Å². The second-order valence-corrected chi connectivity index (χ2v) is 5.61. The first-order valence-electron chi connectivity index (χ1n) is 7.47. The lowest BCUT2D eigenvalue weighted by Gasteiger charge is -2.42. The van der Waals surface area contributed by atoms with Crippen molar-refractivity contribution in [1.82, 2.24) is 4.90 Å². The molecule has 1 saturated heterocycles. The number of anilines is 1. The Bertz CT molecular complexity index is 415. The standard InChI is InChI=1S/C16H26N2O2/c1-3-10-18-11-8-16(13-19,9-12-18)17-14-6-4-5-7-15(14)20-2/h4-7,17,19H,3,8-13H2,1-2H3. The van der Waals surface area contributed by atoms with E-state index < -0.39 is 0 Å². The molecule has 0 unspecified atom stereocenters. The number of hydrogen-bond donors (Lipinski definition) is 2. The van der Waals surface area contributed by atoms with E-state index in [2.05, 4.69) is 17.1 Å². The van der Waals surface area contributed by atoms with Gasteiger partial charge in [0.2, 0.25) is 0 Å². The molecule has 1 aromatic carbocycles. The lowest BCUT2D eigenvalue weighted by Crippen LogP contribution is -2.51. The molecule has 1 aliphatic rings. The number of nitrogens with one attached hydrogen (secondary N) is 1. The third kappa shape index (κ3) is 3.44. The Hall–Kier alpha value is -1.26. The number of rotatable bonds is 6. The van der Waals surface area contributed by atoms with Crippen LogP contribution >= 0.6 is 0 Å². The zero-order chi connectivity index (χ0) is 14.4. The molecule has 0 saturated carbocycles. The lowest BCUT2D eigenvalue weighted by molar-refractivity contribution is 0.119. The number of nitrogens with zero attached hydrogens (tertiary/aromatic N) is 1. The number of aliphatic hydroxyl groups excluding tert-OH is 1. The predicted octanol–water partition coefficient (Wildman–Crippen LogP) is 2.34. The van der Waals surface area contributed by atoms with Gasteiger partial charge in [0, 0.05) is 13.1 Å². The van der Waals surface area contributed by atoms with Gasteiger partial charge in [0.15, 0.2) is 0 Å². The fraction of sp³-hybridized carbons (Fsp3) is 0.625. The van der Waals surface area contributed by atoms with E-state index in [4.69, 9.17) is 4.74 Å². The van der Waals surface area contributed by atoms with Gasteiger partial charge in [0.05, 0.1) is 24.9 Å². The Morgan fingerprint density at radius 2 is 2.00 bits per heavy atom. The maximum atomic E-state index is 9.86. The van der Waals surface area contributed by atoms with Crippen molar-refractivity contribution in [2.45, 2.75) is 31.7 Å². The van der Waals surface area contributed by atoms with E-state index in [9.17, 15) is 5.11 Å². The highest BCUT2D eigenvalue weighted by Gasteiger charge is 2.34. The molecule has 0 amide bonds. The highest BCUT2D eigenvalue weighted by Crippen LogP contribution is 2.31. The molecule has 4 nitrogen and oxygen atoms in total. The Morgan fingerprint density at radius 1 is 1.30 bits per heavy atom. The minimum Gasteiger partial charge on any atom is -0.495 e. The van der Waals surface area contributed by atoms with Crippen molar-refractivity contribution in [1.29, 1.82) is 0 Å². The summed E-state index contributed by atoms with van der Waals surface area (Å²) >= 11 is 0. The molecule has 0 aromatic heterocycles. The first-order valence-corrected chi connectivity index (χ1v) is 7.47. The quantitative estimate of drug-likeness (QED) is 0.838. The van der Waals surface area contributed by atoms with Gasteiger partial charge in [-0.1, -0.05) is 19.1 Å². The Morgan fingerprint density at radius 3 is 2.60 bits per heavy atom. The smallest absolute Gasteiger partial charge is 0.141 e. The van der Waals surface area contributed by atoms with Crippen LogP contribution in [0.15, 0.2) is 24.3 Å². The van der Waals surface area contributed by atoms with Gasteiger partial charge < -0.3 is 20.1 Å². The monoisotopic (exact) mass is 278 g/mol. The van der Waals surface area contributed by atoms with E-state index in [0.717, 1.165) is 43.9 Å². The van der Waals surface area contributed by atoms with Gasteiger partial charge in [-0.05, 0) is 37.9 Å². The fourth-order valence-electron chi connectivity index (χ4n) is 2.88. The maximum Gasteiger partial charge on any atom is 0.141 e. The second-order valence-electron chi connectivity index (χ2n) is 5.61. The van der Waals surface area contributed by atoms with Crippen molar-refractivity contribution in [3.63, 3.8) is 0 Å². The van der Waals surface area contributed by atoms with E-state index >= 15 is 0 Å². The highest BCUT2D eigenvalue weighted by molar-refractivity contribution is 5.57. The van der Waals surface area contributed by atoms with Gasteiger partial charge in [-0.2, -0.15) is 0 Å². The van der Waals surface area contributed by atoms with E-state index in [1.807, 2.05) is 24.3 Å².